The highest BCUT2D eigenvalue weighted by molar-refractivity contribution is 14.1. The summed E-state index contributed by atoms with van der Waals surface area (Å²) < 4.78 is 11.6. The van der Waals surface area contributed by atoms with Gasteiger partial charge in [-0.2, -0.15) is 5.26 Å². The van der Waals surface area contributed by atoms with Crippen molar-refractivity contribution in [2.24, 2.45) is 0 Å². The summed E-state index contributed by atoms with van der Waals surface area (Å²) in [7, 11) is 1.29. The maximum Gasteiger partial charge on any atom is 0.343 e. The van der Waals surface area contributed by atoms with Crippen LogP contribution in [0.25, 0.3) is 6.08 Å². The molecular formula is C21H18I2N2O4. The van der Waals surface area contributed by atoms with Gasteiger partial charge in [-0.05, 0) is 81.4 Å². The van der Waals surface area contributed by atoms with Gasteiger partial charge in [0.1, 0.15) is 17.4 Å². The lowest BCUT2D eigenvalue weighted by Gasteiger charge is -2.14. The van der Waals surface area contributed by atoms with Gasteiger partial charge >= 0.3 is 5.97 Å². The number of methoxy groups -OCH3 is 1. The minimum atomic E-state index is -0.475. The van der Waals surface area contributed by atoms with Crippen LogP contribution < -0.4 is 10.1 Å². The normalized spacial score (nSPS) is 11.9. The van der Waals surface area contributed by atoms with E-state index >= 15 is 0 Å². The van der Waals surface area contributed by atoms with Gasteiger partial charge in [-0.3, -0.25) is 4.79 Å². The SMILES string of the molecule is COC(=O)COc1c(I)cc(/C=C(/C#N)C(=O)N[C@@H](C)c2ccccc2)cc1I. The third-order valence-corrected chi connectivity index (χ3v) is 5.51. The van der Waals surface area contributed by atoms with E-state index in [1.807, 2.05) is 43.3 Å². The Morgan fingerprint density at radius 3 is 2.38 bits per heavy atom. The van der Waals surface area contributed by atoms with Crippen LogP contribution in [0.4, 0.5) is 0 Å². The maximum atomic E-state index is 12.5. The molecule has 6 nitrogen and oxygen atoms in total. The number of rotatable bonds is 7. The molecule has 0 spiro atoms. The molecule has 1 atom stereocenters. The molecule has 2 aromatic rings. The number of carbonyl (C=O) groups is 2. The van der Waals surface area contributed by atoms with Crippen molar-refractivity contribution in [1.29, 1.82) is 5.26 Å². The Labute approximate surface area is 196 Å². The van der Waals surface area contributed by atoms with E-state index in [1.165, 1.54) is 13.2 Å². The molecular weight excluding hydrogens is 598 g/mol. The van der Waals surface area contributed by atoms with Gasteiger partial charge in [-0.1, -0.05) is 30.3 Å². The Balaban J connectivity index is 2.18. The van der Waals surface area contributed by atoms with Gasteiger partial charge in [-0.15, -0.1) is 0 Å². The van der Waals surface area contributed by atoms with Crippen LogP contribution in [0.2, 0.25) is 0 Å². The fourth-order valence-corrected chi connectivity index (χ4v) is 4.53. The third kappa shape index (κ3) is 6.71. The summed E-state index contributed by atoms with van der Waals surface area (Å²) >= 11 is 4.16. The Hall–Kier alpha value is -2.13. The zero-order valence-corrected chi connectivity index (χ0v) is 20.1. The van der Waals surface area contributed by atoms with E-state index in [4.69, 9.17) is 4.74 Å². The number of nitrogens with zero attached hydrogens (tertiary/aromatic N) is 1. The average Bonchev–Trinajstić information content (AvgIpc) is 2.71. The van der Waals surface area contributed by atoms with Gasteiger partial charge in [0.15, 0.2) is 6.61 Å². The fourth-order valence-electron chi connectivity index (χ4n) is 2.41. The second kappa shape index (κ2) is 11.2. The zero-order valence-electron chi connectivity index (χ0n) is 15.7. The Bertz CT molecular complexity index is 945. The molecule has 2 aromatic carbocycles. The van der Waals surface area contributed by atoms with Crippen LogP contribution in [-0.2, 0) is 14.3 Å². The average molecular weight is 616 g/mol. The highest BCUT2D eigenvalue weighted by Crippen LogP contribution is 2.30. The number of ether oxygens (including phenoxy) is 2. The van der Waals surface area contributed by atoms with E-state index in [0.717, 1.165) is 12.7 Å². The largest absolute Gasteiger partial charge is 0.480 e. The van der Waals surface area contributed by atoms with Crippen LogP contribution >= 0.6 is 45.2 Å². The lowest BCUT2D eigenvalue weighted by molar-refractivity contribution is -0.142. The van der Waals surface area contributed by atoms with Crippen LogP contribution in [0.5, 0.6) is 5.75 Å². The monoisotopic (exact) mass is 616 g/mol. The molecule has 29 heavy (non-hydrogen) atoms. The molecule has 2 rings (SSSR count). The molecule has 0 saturated carbocycles. The number of benzene rings is 2. The van der Waals surface area contributed by atoms with Gasteiger partial charge in [0.05, 0.1) is 20.3 Å². The van der Waals surface area contributed by atoms with Crippen molar-refractivity contribution < 1.29 is 19.1 Å². The van der Waals surface area contributed by atoms with Crippen molar-refractivity contribution >= 4 is 63.1 Å². The number of amides is 1. The first kappa shape index (κ1) is 23.2. The summed E-state index contributed by atoms with van der Waals surface area (Å²) in [4.78, 5) is 23.8. The molecule has 150 valence electrons. The fraction of sp³-hybridized carbons (Fsp3) is 0.190. The van der Waals surface area contributed by atoms with E-state index in [9.17, 15) is 14.9 Å². The topological polar surface area (TPSA) is 88.4 Å². The van der Waals surface area contributed by atoms with Crippen LogP contribution in [0.15, 0.2) is 48.0 Å². The minimum absolute atomic E-state index is 0.00242. The summed E-state index contributed by atoms with van der Waals surface area (Å²) in [6.07, 6.45) is 1.53. The van der Waals surface area contributed by atoms with Crippen molar-refractivity contribution in [3.8, 4) is 11.8 Å². The molecule has 8 heteroatoms. The summed E-state index contributed by atoms with van der Waals surface area (Å²) in [6.45, 7) is 1.67. The molecule has 0 radical (unpaired) electrons. The smallest absolute Gasteiger partial charge is 0.343 e. The summed E-state index contributed by atoms with van der Waals surface area (Å²) in [5.41, 5.74) is 1.64. The zero-order chi connectivity index (χ0) is 21.4. The van der Waals surface area contributed by atoms with Gasteiger partial charge < -0.3 is 14.8 Å². The number of esters is 1. The second-order valence-corrected chi connectivity index (χ2v) is 8.28. The lowest BCUT2D eigenvalue weighted by atomic mass is 10.1. The molecule has 0 saturated heterocycles. The molecule has 0 heterocycles. The Kier molecular flexibility index (Phi) is 8.91. The van der Waals surface area contributed by atoms with Gasteiger partial charge in [0.25, 0.3) is 5.91 Å². The standard InChI is InChI=1S/C21H18I2N2O4/c1-13(15-6-4-3-5-7-15)25-21(27)16(11-24)8-14-9-17(22)20(18(23)10-14)29-12-19(26)28-2/h3-10,13H,12H2,1-2H3,(H,25,27)/b16-8-/t13-/m0/s1. The van der Waals surface area contributed by atoms with Gasteiger partial charge in [0.2, 0.25) is 0 Å². The number of halogens is 2. The Morgan fingerprint density at radius 2 is 1.83 bits per heavy atom. The van der Waals surface area contributed by atoms with Gasteiger partial charge in [0, 0.05) is 0 Å². The first-order chi connectivity index (χ1) is 13.8. The third-order valence-electron chi connectivity index (χ3n) is 3.91. The number of nitrogens with one attached hydrogen (secondary N) is 1. The van der Waals surface area contributed by atoms with Crippen molar-refractivity contribution in [3.05, 3.63) is 66.3 Å². The van der Waals surface area contributed by atoms with Crippen molar-refractivity contribution in [2.45, 2.75) is 13.0 Å². The lowest BCUT2D eigenvalue weighted by Crippen LogP contribution is -2.27. The van der Waals surface area contributed by atoms with E-state index in [-0.39, 0.29) is 18.2 Å². The van der Waals surface area contributed by atoms with E-state index in [0.29, 0.717) is 11.3 Å². The van der Waals surface area contributed by atoms with E-state index in [1.54, 1.807) is 12.1 Å². The summed E-state index contributed by atoms with van der Waals surface area (Å²) in [6, 6.07) is 14.8. The first-order valence-corrected chi connectivity index (χ1v) is 10.7. The van der Waals surface area contributed by atoms with Crippen molar-refractivity contribution in [1.82, 2.24) is 5.32 Å². The quantitative estimate of drug-likeness (QED) is 0.218. The summed E-state index contributed by atoms with van der Waals surface area (Å²) in [5.74, 6) is -0.370. The summed E-state index contributed by atoms with van der Waals surface area (Å²) in [5, 5.41) is 12.3. The Morgan fingerprint density at radius 1 is 1.21 bits per heavy atom. The van der Waals surface area contributed by atoms with E-state index < -0.39 is 11.9 Å². The van der Waals surface area contributed by atoms with Crippen LogP contribution in [0, 0.1) is 18.5 Å². The number of hydrogen-bond donors (Lipinski definition) is 1. The highest BCUT2D eigenvalue weighted by atomic mass is 127. The second-order valence-electron chi connectivity index (χ2n) is 5.95. The number of hydrogen-bond acceptors (Lipinski definition) is 5. The molecule has 0 aliphatic heterocycles. The molecule has 0 fully saturated rings. The number of carbonyl (C=O) groups excluding carboxylic acids is 2. The molecule has 0 bridgehead atoms. The van der Waals surface area contributed by atoms with Crippen LogP contribution in [0.3, 0.4) is 0 Å². The predicted octanol–water partition coefficient (Wildman–Crippen LogP) is 4.23. The number of nitriles is 1. The van der Waals surface area contributed by atoms with Crippen LogP contribution in [-0.4, -0.2) is 25.6 Å². The van der Waals surface area contributed by atoms with E-state index in [2.05, 4.69) is 55.2 Å². The maximum absolute atomic E-state index is 12.5. The van der Waals surface area contributed by atoms with Crippen molar-refractivity contribution in [3.63, 3.8) is 0 Å². The molecule has 1 amide bonds. The highest BCUT2D eigenvalue weighted by Gasteiger charge is 2.15. The minimum Gasteiger partial charge on any atom is -0.480 e. The molecule has 0 aliphatic rings. The van der Waals surface area contributed by atoms with Crippen molar-refractivity contribution in [2.75, 3.05) is 13.7 Å². The molecule has 0 unspecified atom stereocenters. The van der Waals surface area contributed by atoms with Crippen LogP contribution in [0.1, 0.15) is 24.1 Å². The molecule has 0 aromatic heterocycles. The predicted molar refractivity (Wildman–Crippen MR) is 126 cm³/mol. The van der Waals surface area contributed by atoms with Gasteiger partial charge in [-0.25, -0.2) is 4.79 Å². The first-order valence-electron chi connectivity index (χ1n) is 8.52. The molecule has 0 aliphatic carbocycles. The molecule has 1 N–H and O–H groups in total.